The number of methoxy groups -OCH3 is 1. The lowest BCUT2D eigenvalue weighted by Crippen LogP contribution is -2.11. The summed E-state index contributed by atoms with van der Waals surface area (Å²) in [5.74, 6) is -0.518. The van der Waals surface area contributed by atoms with Crippen molar-refractivity contribution in [3.63, 3.8) is 0 Å². The predicted octanol–water partition coefficient (Wildman–Crippen LogP) is 2.15. The van der Waals surface area contributed by atoms with E-state index in [1.54, 1.807) is 0 Å². The Morgan fingerprint density at radius 3 is 2.56 bits per heavy atom. The number of carbonyl (C=O) groups is 1. The van der Waals surface area contributed by atoms with Gasteiger partial charge in [-0.25, -0.2) is 4.79 Å². The number of hydrogen-bond acceptors (Lipinski definition) is 4. The summed E-state index contributed by atoms with van der Waals surface area (Å²) in [5, 5.41) is 9.00. The van der Waals surface area contributed by atoms with E-state index in [0.717, 1.165) is 0 Å². The Morgan fingerprint density at radius 1 is 1.38 bits per heavy atom. The van der Waals surface area contributed by atoms with Gasteiger partial charge in [0.1, 0.15) is 12.2 Å². The second kappa shape index (κ2) is 5.94. The molecule has 6 heteroatoms. The van der Waals surface area contributed by atoms with Gasteiger partial charge >= 0.3 is 5.97 Å². The molecule has 1 aromatic carbocycles. The molecular weight excluding hydrogens is 255 g/mol. The zero-order valence-electron chi connectivity index (χ0n) is 8.50. The predicted molar refractivity (Wildman–Crippen MR) is 60.4 cm³/mol. The summed E-state index contributed by atoms with van der Waals surface area (Å²) in [6.45, 7) is -0.364. The van der Waals surface area contributed by atoms with Crippen LogP contribution in [0.2, 0.25) is 10.0 Å². The molecule has 0 aliphatic heterocycles. The number of ether oxygens (including phenoxy) is 2. The lowest BCUT2D eigenvalue weighted by molar-refractivity contribution is 0.0430. The zero-order valence-corrected chi connectivity index (χ0v) is 10.0. The minimum absolute atomic E-state index is 0.0603. The maximum absolute atomic E-state index is 11.6. The Kier molecular flexibility index (Phi) is 4.86. The molecule has 0 aromatic heterocycles. The van der Waals surface area contributed by atoms with E-state index >= 15 is 0 Å². The van der Waals surface area contributed by atoms with Crippen molar-refractivity contribution in [2.75, 3.05) is 20.3 Å². The molecule has 16 heavy (non-hydrogen) atoms. The molecule has 0 fully saturated rings. The number of halogens is 2. The summed E-state index contributed by atoms with van der Waals surface area (Å²) in [6, 6.07) is 2.99. The number of carbonyl (C=O) groups excluding carboxylic acids is 1. The van der Waals surface area contributed by atoms with E-state index in [1.807, 2.05) is 0 Å². The lowest BCUT2D eigenvalue weighted by Gasteiger charge is -2.11. The van der Waals surface area contributed by atoms with Crippen molar-refractivity contribution in [3.05, 3.63) is 27.7 Å². The van der Waals surface area contributed by atoms with Gasteiger partial charge in [-0.1, -0.05) is 23.2 Å². The molecule has 0 heterocycles. The minimum atomic E-state index is -0.682. The second-order valence-electron chi connectivity index (χ2n) is 2.80. The largest absolute Gasteiger partial charge is 0.494 e. The third kappa shape index (κ3) is 2.78. The van der Waals surface area contributed by atoms with Crippen LogP contribution in [0.25, 0.3) is 0 Å². The molecule has 0 saturated heterocycles. The second-order valence-corrected chi connectivity index (χ2v) is 3.61. The average Bonchev–Trinajstić information content (AvgIpc) is 2.28. The Balaban J connectivity index is 3.10. The van der Waals surface area contributed by atoms with Crippen LogP contribution in [0.4, 0.5) is 0 Å². The maximum Gasteiger partial charge on any atom is 0.343 e. The van der Waals surface area contributed by atoms with E-state index in [2.05, 4.69) is 0 Å². The maximum atomic E-state index is 11.6. The molecule has 0 unspecified atom stereocenters. The number of aliphatic hydroxyl groups excluding tert-OH is 1. The monoisotopic (exact) mass is 264 g/mol. The fourth-order valence-corrected chi connectivity index (χ4v) is 1.59. The van der Waals surface area contributed by atoms with Crippen LogP contribution in [-0.2, 0) is 4.74 Å². The summed E-state index contributed by atoms with van der Waals surface area (Å²) < 4.78 is 9.72. The van der Waals surface area contributed by atoms with E-state index in [0.29, 0.717) is 0 Å². The van der Waals surface area contributed by atoms with Gasteiger partial charge in [-0.2, -0.15) is 0 Å². The quantitative estimate of drug-likeness (QED) is 0.847. The highest BCUT2D eigenvalue weighted by Gasteiger charge is 2.20. The molecule has 88 valence electrons. The topological polar surface area (TPSA) is 55.8 Å². The van der Waals surface area contributed by atoms with Crippen LogP contribution in [0.5, 0.6) is 5.75 Å². The van der Waals surface area contributed by atoms with Crippen LogP contribution in [0.15, 0.2) is 12.1 Å². The lowest BCUT2D eigenvalue weighted by atomic mass is 10.2. The highest BCUT2D eigenvalue weighted by Crippen LogP contribution is 2.34. The van der Waals surface area contributed by atoms with Crippen LogP contribution < -0.4 is 4.74 Å². The Hall–Kier alpha value is -0.970. The third-order valence-electron chi connectivity index (χ3n) is 1.79. The van der Waals surface area contributed by atoms with Crippen molar-refractivity contribution < 1.29 is 19.4 Å². The fourth-order valence-electron chi connectivity index (χ4n) is 1.13. The first kappa shape index (κ1) is 13.1. The molecule has 0 aliphatic carbocycles. The Morgan fingerprint density at radius 2 is 2.00 bits per heavy atom. The van der Waals surface area contributed by atoms with Gasteiger partial charge in [0, 0.05) is 0 Å². The first-order chi connectivity index (χ1) is 7.61. The van der Waals surface area contributed by atoms with Crippen LogP contribution >= 0.6 is 23.2 Å². The van der Waals surface area contributed by atoms with E-state index in [9.17, 15) is 4.79 Å². The number of esters is 1. The molecular formula is C10H10Cl2O4. The van der Waals surface area contributed by atoms with Gasteiger partial charge in [-0.05, 0) is 12.1 Å². The average molecular weight is 265 g/mol. The molecule has 0 radical (unpaired) electrons. The minimum Gasteiger partial charge on any atom is -0.494 e. The van der Waals surface area contributed by atoms with Crippen LogP contribution in [0, 0.1) is 0 Å². The van der Waals surface area contributed by atoms with E-state index in [1.165, 1.54) is 19.2 Å². The van der Waals surface area contributed by atoms with Gasteiger partial charge in [0.2, 0.25) is 0 Å². The van der Waals surface area contributed by atoms with Crippen LogP contribution in [0.1, 0.15) is 10.4 Å². The van der Waals surface area contributed by atoms with E-state index < -0.39 is 5.97 Å². The molecule has 1 rings (SSSR count). The van der Waals surface area contributed by atoms with Crippen molar-refractivity contribution in [3.8, 4) is 5.75 Å². The molecule has 1 aromatic rings. The molecule has 0 spiro atoms. The molecule has 0 saturated carbocycles. The SMILES string of the molecule is COc1c(Cl)ccc(Cl)c1C(=O)OCCO. The van der Waals surface area contributed by atoms with Crippen LogP contribution in [0.3, 0.4) is 0 Å². The number of rotatable bonds is 4. The van der Waals surface area contributed by atoms with Gasteiger partial charge in [-0.15, -0.1) is 0 Å². The molecule has 0 bridgehead atoms. The molecule has 0 amide bonds. The van der Waals surface area contributed by atoms with Gasteiger partial charge in [-0.3, -0.25) is 0 Å². The molecule has 0 atom stereocenters. The summed E-state index contributed by atoms with van der Waals surface area (Å²) in [4.78, 5) is 11.6. The van der Waals surface area contributed by atoms with Gasteiger partial charge in [0.25, 0.3) is 0 Å². The number of hydrogen-bond donors (Lipinski definition) is 1. The Labute approximate surface area is 103 Å². The van der Waals surface area contributed by atoms with Crippen molar-refractivity contribution in [1.82, 2.24) is 0 Å². The van der Waals surface area contributed by atoms with Crippen molar-refractivity contribution >= 4 is 29.2 Å². The first-order valence-electron chi connectivity index (χ1n) is 4.41. The summed E-state index contributed by atoms with van der Waals surface area (Å²) >= 11 is 11.7. The van der Waals surface area contributed by atoms with Crippen molar-refractivity contribution in [2.24, 2.45) is 0 Å². The summed E-state index contributed by atoms with van der Waals surface area (Å²) in [6.07, 6.45) is 0. The third-order valence-corrected chi connectivity index (χ3v) is 2.40. The number of aliphatic hydroxyl groups is 1. The van der Waals surface area contributed by atoms with Gasteiger partial charge in [0.05, 0.1) is 23.8 Å². The van der Waals surface area contributed by atoms with E-state index in [-0.39, 0.29) is 34.6 Å². The standard InChI is InChI=1S/C10H10Cl2O4/c1-15-9-7(12)3-2-6(11)8(9)10(14)16-5-4-13/h2-3,13H,4-5H2,1H3. The first-order valence-corrected chi connectivity index (χ1v) is 5.17. The van der Waals surface area contributed by atoms with Gasteiger partial charge in [0.15, 0.2) is 5.75 Å². The normalized spacial score (nSPS) is 10.0. The summed E-state index contributed by atoms with van der Waals surface area (Å²) in [7, 11) is 1.38. The Bertz CT molecular complexity index is 393. The highest BCUT2D eigenvalue weighted by molar-refractivity contribution is 6.37. The highest BCUT2D eigenvalue weighted by atomic mass is 35.5. The molecule has 0 aliphatic rings. The van der Waals surface area contributed by atoms with Crippen molar-refractivity contribution in [1.29, 1.82) is 0 Å². The van der Waals surface area contributed by atoms with Crippen LogP contribution in [-0.4, -0.2) is 31.4 Å². The number of benzene rings is 1. The zero-order chi connectivity index (χ0) is 12.1. The fraction of sp³-hybridized carbons (Fsp3) is 0.300. The van der Waals surface area contributed by atoms with Gasteiger partial charge < -0.3 is 14.6 Å². The molecule has 4 nitrogen and oxygen atoms in total. The summed E-state index contributed by atoms with van der Waals surface area (Å²) in [5.41, 5.74) is 0.0603. The molecule has 1 N–H and O–H groups in total. The van der Waals surface area contributed by atoms with Crippen molar-refractivity contribution in [2.45, 2.75) is 0 Å². The smallest absolute Gasteiger partial charge is 0.343 e. The van der Waals surface area contributed by atoms with E-state index in [4.69, 9.17) is 37.8 Å².